The number of hydrogen-bond donors (Lipinski definition) is 4. The monoisotopic (exact) mass is 323 g/mol. The Morgan fingerprint density at radius 1 is 1.26 bits per heavy atom. The van der Waals surface area contributed by atoms with Gasteiger partial charge in [-0.2, -0.15) is 0 Å². The van der Waals surface area contributed by atoms with Crippen LogP contribution in [0.25, 0.3) is 0 Å². The number of carboxylic acids is 1. The third-order valence-electron chi connectivity index (χ3n) is 3.53. The summed E-state index contributed by atoms with van der Waals surface area (Å²) >= 11 is 0. The summed E-state index contributed by atoms with van der Waals surface area (Å²) in [6, 6.07) is 5.18. The Morgan fingerprint density at radius 2 is 1.96 bits per heavy atom. The standard InChI is InChI=1S/C16H25N3O4/c1-3-19(4-2)9-8-17-14(16(22)23)11-15(21)18-12-6-5-7-13(20)10-12/h5-7,10,14,17,20H,3-4,8-9,11H2,1-2H3,(H,18,21)(H,22,23)/t14-/m0/s1. The van der Waals surface area contributed by atoms with E-state index in [4.69, 9.17) is 0 Å². The Morgan fingerprint density at radius 3 is 2.52 bits per heavy atom. The molecule has 0 fully saturated rings. The van der Waals surface area contributed by atoms with Crippen LogP contribution in [0.5, 0.6) is 5.75 Å². The molecule has 23 heavy (non-hydrogen) atoms. The molecular weight excluding hydrogens is 298 g/mol. The molecule has 7 heteroatoms. The maximum atomic E-state index is 11.9. The van der Waals surface area contributed by atoms with E-state index in [1.807, 2.05) is 13.8 Å². The first-order valence-electron chi connectivity index (χ1n) is 7.73. The van der Waals surface area contributed by atoms with Gasteiger partial charge in [-0.05, 0) is 25.2 Å². The molecule has 1 rings (SSSR count). The molecule has 0 aromatic heterocycles. The van der Waals surface area contributed by atoms with Gasteiger partial charge in [-0.1, -0.05) is 19.9 Å². The van der Waals surface area contributed by atoms with Gasteiger partial charge in [-0.3, -0.25) is 9.59 Å². The highest BCUT2D eigenvalue weighted by Crippen LogP contribution is 2.15. The number of nitrogens with zero attached hydrogens (tertiary/aromatic N) is 1. The van der Waals surface area contributed by atoms with Crippen molar-refractivity contribution in [3.8, 4) is 5.75 Å². The first kappa shape index (κ1) is 18.9. The number of hydrogen-bond acceptors (Lipinski definition) is 5. The smallest absolute Gasteiger partial charge is 0.321 e. The van der Waals surface area contributed by atoms with Crippen LogP contribution in [0.1, 0.15) is 20.3 Å². The molecule has 7 nitrogen and oxygen atoms in total. The number of aliphatic carboxylic acids is 1. The van der Waals surface area contributed by atoms with Crippen LogP contribution in [0.3, 0.4) is 0 Å². The zero-order chi connectivity index (χ0) is 17.2. The Kier molecular flexibility index (Phi) is 8.07. The largest absolute Gasteiger partial charge is 0.508 e. The average molecular weight is 323 g/mol. The van der Waals surface area contributed by atoms with Gasteiger partial charge < -0.3 is 25.7 Å². The molecule has 0 aliphatic rings. The SMILES string of the molecule is CCN(CC)CCN[C@@H](CC(=O)Nc1cccc(O)c1)C(=O)O. The molecule has 0 saturated heterocycles. The quantitative estimate of drug-likeness (QED) is 0.514. The summed E-state index contributed by atoms with van der Waals surface area (Å²) in [6.45, 7) is 7.10. The fourth-order valence-electron chi connectivity index (χ4n) is 2.16. The molecule has 4 N–H and O–H groups in total. The van der Waals surface area contributed by atoms with Crippen molar-refractivity contribution in [1.82, 2.24) is 10.2 Å². The third kappa shape index (κ3) is 7.12. The second kappa shape index (κ2) is 9.81. The summed E-state index contributed by atoms with van der Waals surface area (Å²) < 4.78 is 0. The van der Waals surface area contributed by atoms with E-state index in [-0.39, 0.29) is 12.2 Å². The molecule has 128 valence electrons. The summed E-state index contributed by atoms with van der Waals surface area (Å²) in [5, 5.41) is 24.0. The van der Waals surface area contributed by atoms with E-state index >= 15 is 0 Å². The van der Waals surface area contributed by atoms with Crippen LogP contribution in [0.2, 0.25) is 0 Å². The number of aromatic hydroxyl groups is 1. The van der Waals surface area contributed by atoms with Crippen molar-refractivity contribution in [3.63, 3.8) is 0 Å². The average Bonchev–Trinajstić information content (AvgIpc) is 2.50. The minimum Gasteiger partial charge on any atom is -0.508 e. The Balaban J connectivity index is 2.48. The lowest BCUT2D eigenvalue weighted by Crippen LogP contribution is -2.43. The second-order valence-corrected chi connectivity index (χ2v) is 5.17. The van der Waals surface area contributed by atoms with Crippen molar-refractivity contribution >= 4 is 17.6 Å². The summed E-state index contributed by atoms with van der Waals surface area (Å²) in [7, 11) is 0. The third-order valence-corrected chi connectivity index (χ3v) is 3.53. The fourth-order valence-corrected chi connectivity index (χ4v) is 2.16. The molecular formula is C16H25N3O4. The van der Waals surface area contributed by atoms with Crippen LogP contribution in [-0.4, -0.2) is 59.2 Å². The van der Waals surface area contributed by atoms with E-state index in [1.165, 1.54) is 12.1 Å². The van der Waals surface area contributed by atoms with Crippen molar-refractivity contribution in [2.24, 2.45) is 0 Å². The number of phenolic OH excluding ortho intramolecular Hbond substituents is 1. The van der Waals surface area contributed by atoms with Gasteiger partial charge in [0, 0.05) is 24.8 Å². The fraction of sp³-hybridized carbons (Fsp3) is 0.500. The number of nitrogens with one attached hydrogen (secondary N) is 2. The topological polar surface area (TPSA) is 102 Å². The molecule has 0 saturated carbocycles. The lowest BCUT2D eigenvalue weighted by Gasteiger charge is -2.20. The van der Waals surface area contributed by atoms with E-state index in [0.29, 0.717) is 12.2 Å². The van der Waals surface area contributed by atoms with E-state index in [9.17, 15) is 19.8 Å². The van der Waals surface area contributed by atoms with Crippen molar-refractivity contribution < 1.29 is 19.8 Å². The molecule has 1 atom stereocenters. The summed E-state index contributed by atoms with van der Waals surface area (Å²) in [4.78, 5) is 25.4. The highest BCUT2D eigenvalue weighted by molar-refractivity contribution is 5.94. The van der Waals surface area contributed by atoms with E-state index < -0.39 is 17.9 Å². The van der Waals surface area contributed by atoms with Crippen molar-refractivity contribution in [2.45, 2.75) is 26.3 Å². The lowest BCUT2D eigenvalue weighted by molar-refractivity contribution is -0.141. The van der Waals surface area contributed by atoms with Gasteiger partial charge in [0.2, 0.25) is 5.91 Å². The van der Waals surface area contributed by atoms with Crippen LogP contribution in [0.4, 0.5) is 5.69 Å². The number of rotatable bonds is 10. The van der Waals surface area contributed by atoms with Gasteiger partial charge in [0.25, 0.3) is 0 Å². The molecule has 0 aliphatic carbocycles. The number of carbonyl (C=O) groups is 2. The summed E-state index contributed by atoms with van der Waals surface area (Å²) in [6.07, 6.45) is -0.177. The van der Waals surface area contributed by atoms with E-state index in [0.717, 1.165) is 19.6 Å². The second-order valence-electron chi connectivity index (χ2n) is 5.17. The van der Waals surface area contributed by atoms with Gasteiger partial charge in [0.15, 0.2) is 0 Å². The molecule has 1 aromatic rings. The van der Waals surface area contributed by atoms with Crippen LogP contribution in [-0.2, 0) is 9.59 Å². The highest BCUT2D eigenvalue weighted by Gasteiger charge is 2.20. The van der Waals surface area contributed by atoms with Crippen molar-refractivity contribution in [1.29, 1.82) is 0 Å². The number of anilines is 1. The molecule has 0 spiro atoms. The number of amides is 1. The Labute approximate surface area is 136 Å². The van der Waals surface area contributed by atoms with Crippen molar-refractivity contribution in [2.75, 3.05) is 31.5 Å². The van der Waals surface area contributed by atoms with Gasteiger partial charge >= 0.3 is 5.97 Å². The van der Waals surface area contributed by atoms with Gasteiger partial charge in [-0.15, -0.1) is 0 Å². The summed E-state index contributed by atoms with van der Waals surface area (Å²) in [5.74, 6) is -1.44. The van der Waals surface area contributed by atoms with Crippen LogP contribution in [0.15, 0.2) is 24.3 Å². The molecule has 0 heterocycles. The molecule has 0 bridgehead atoms. The van der Waals surface area contributed by atoms with Gasteiger partial charge in [0.05, 0.1) is 6.42 Å². The Bertz CT molecular complexity index is 518. The molecule has 1 aromatic carbocycles. The number of carboxylic acid groups (broad SMARTS) is 1. The number of phenols is 1. The highest BCUT2D eigenvalue weighted by atomic mass is 16.4. The lowest BCUT2D eigenvalue weighted by atomic mass is 10.2. The van der Waals surface area contributed by atoms with Crippen LogP contribution >= 0.6 is 0 Å². The maximum Gasteiger partial charge on any atom is 0.321 e. The minimum absolute atomic E-state index is 0.0370. The normalized spacial score (nSPS) is 12.1. The van der Waals surface area contributed by atoms with Gasteiger partial charge in [0.1, 0.15) is 11.8 Å². The zero-order valence-corrected chi connectivity index (χ0v) is 13.6. The predicted octanol–water partition coefficient (Wildman–Crippen LogP) is 1.11. The van der Waals surface area contributed by atoms with E-state index in [1.54, 1.807) is 12.1 Å². The molecule has 1 amide bonds. The summed E-state index contributed by atoms with van der Waals surface area (Å²) in [5.41, 5.74) is 0.433. The van der Waals surface area contributed by atoms with Gasteiger partial charge in [-0.25, -0.2) is 0 Å². The minimum atomic E-state index is -1.06. The first-order valence-corrected chi connectivity index (χ1v) is 7.73. The number of benzene rings is 1. The maximum absolute atomic E-state index is 11.9. The predicted molar refractivity (Wildman–Crippen MR) is 88.6 cm³/mol. The Hall–Kier alpha value is -2.12. The number of likely N-dealkylation sites (N-methyl/N-ethyl adjacent to an activating group) is 1. The molecule has 0 aliphatic heterocycles. The van der Waals surface area contributed by atoms with Crippen molar-refractivity contribution in [3.05, 3.63) is 24.3 Å². The van der Waals surface area contributed by atoms with Crippen LogP contribution < -0.4 is 10.6 Å². The molecule has 0 unspecified atom stereocenters. The zero-order valence-electron chi connectivity index (χ0n) is 13.6. The number of carbonyl (C=O) groups excluding carboxylic acids is 1. The molecule has 0 radical (unpaired) electrons. The first-order chi connectivity index (χ1) is 11.0. The van der Waals surface area contributed by atoms with Crippen LogP contribution in [0, 0.1) is 0 Å². The van der Waals surface area contributed by atoms with E-state index in [2.05, 4.69) is 15.5 Å².